The van der Waals surface area contributed by atoms with Crippen LogP contribution in [0.25, 0.3) is 5.69 Å². The molecule has 20 heavy (non-hydrogen) atoms. The average Bonchev–Trinajstić information content (AvgIpc) is 2.82. The highest BCUT2D eigenvalue weighted by atomic mass is 16.2. The maximum Gasteiger partial charge on any atom is 0.272 e. The summed E-state index contributed by atoms with van der Waals surface area (Å²) in [7, 11) is 0. The van der Waals surface area contributed by atoms with Crippen LogP contribution in [-0.4, -0.2) is 21.7 Å². The van der Waals surface area contributed by atoms with Crippen LogP contribution in [-0.2, 0) is 0 Å². The molecular weight excluding hydrogens is 252 g/mol. The molecule has 1 fully saturated rings. The van der Waals surface area contributed by atoms with E-state index in [1.54, 1.807) is 16.9 Å². The molecule has 3 rings (SSSR count). The number of para-hydroxylation sites is 2. The van der Waals surface area contributed by atoms with Gasteiger partial charge in [-0.2, -0.15) is 5.10 Å². The molecule has 1 aliphatic carbocycles. The summed E-state index contributed by atoms with van der Waals surface area (Å²) < 4.78 is 1.63. The normalized spacial score (nSPS) is 19.6. The van der Waals surface area contributed by atoms with Crippen molar-refractivity contribution in [3.8, 4) is 5.69 Å². The van der Waals surface area contributed by atoms with Crippen molar-refractivity contribution in [3.05, 3.63) is 42.2 Å². The van der Waals surface area contributed by atoms with Crippen LogP contribution < -0.4 is 11.1 Å². The molecule has 1 aliphatic rings. The average molecular weight is 270 g/mol. The van der Waals surface area contributed by atoms with Crippen molar-refractivity contribution in [2.45, 2.75) is 26.3 Å². The fourth-order valence-corrected chi connectivity index (χ4v) is 2.22. The zero-order valence-electron chi connectivity index (χ0n) is 11.6. The third-order valence-electron chi connectivity index (χ3n) is 3.82. The molecule has 1 unspecified atom stereocenters. The van der Waals surface area contributed by atoms with E-state index in [4.69, 9.17) is 5.73 Å². The Morgan fingerprint density at radius 2 is 2.10 bits per heavy atom. The lowest BCUT2D eigenvalue weighted by Crippen LogP contribution is -2.28. The summed E-state index contributed by atoms with van der Waals surface area (Å²) >= 11 is 0. The first-order valence-corrected chi connectivity index (χ1v) is 6.69. The number of nitrogens with zero attached hydrogens (tertiary/aromatic N) is 2. The van der Waals surface area contributed by atoms with Gasteiger partial charge in [0.25, 0.3) is 5.91 Å². The van der Waals surface area contributed by atoms with Gasteiger partial charge in [-0.05, 0) is 30.0 Å². The van der Waals surface area contributed by atoms with Gasteiger partial charge in [0.05, 0.1) is 11.4 Å². The van der Waals surface area contributed by atoms with E-state index in [1.165, 1.54) is 0 Å². The SMILES string of the molecule is CC1(C)CC1NC(=O)c1ccn(-c2ccccc2N)n1. The summed E-state index contributed by atoms with van der Waals surface area (Å²) in [5, 5.41) is 7.29. The maximum absolute atomic E-state index is 12.1. The standard InChI is InChI=1S/C15H18N4O/c1-15(2)9-13(15)17-14(20)11-7-8-19(18-11)12-6-4-3-5-10(12)16/h3-8,13H,9,16H2,1-2H3,(H,17,20). The largest absolute Gasteiger partial charge is 0.397 e. The van der Waals surface area contributed by atoms with E-state index >= 15 is 0 Å². The first-order valence-electron chi connectivity index (χ1n) is 6.69. The first-order chi connectivity index (χ1) is 9.47. The number of anilines is 1. The van der Waals surface area contributed by atoms with Crippen molar-refractivity contribution < 1.29 is 4.79 Å². The zero-order chi connectivity index (χ0) is 14.3. The molecule has 1 heterocycles. The van der Waals surface area contributed by atoms with Crippen molar-refractivity contribution in [3.63, 3.8) is 0 Å². The van der Waals surface area contributed by atoms with Crippen LogP contribution in [0.2, 0.25) is 0 Å². The van der Waals surface area contributed by atoms with Crippen LogP contribution in [0.1, 0.15) is 30.8 Å². The minimum absolute atomic E-state index is 0.131. The van der Waals surface area contributed by atoms with Gasteiger partial charge in [0.15, 0.2) is 5.69 Å². The van der Waals surface area contributed by atoms with E-state index in [2.05, 4.69) is 24.3 Å². The van der Waals surface area contributed by atoms with Crippen LogP contribution >= 0.6 is 0 Å². The number of nitrogens with one attached hydrogen (secondary N) is 1. The molecule has 1 aromatic heterocycles. The van der Waals surface area contributed by atoms with E-state index in [1.807, 2.05) is 24.3 Å². The lowest BCUT2D eigenvalue weighted by atomic mass is 10.2. The van der Waals surface area contributed by atoms with Gasteiger partial charge in [0.1, 0.15) is 0 Å². The lowest BCUT2D eigenvalue weighted by Gasteiger charge is -2.06. The molecule has 1 saturated carbocycles. The van der Waals surface area contributed by atoms with Gasteiger partial charge in [0.2, 0.25) is 0 Å². The van der Waals surface area contributed by atoms with E-state index in [0.717, 1.165) is 12.1 Å². The quantitative estimate of drug-likeness (QED) is 0.838. The molecule has 1 aromatic carbocycles. The Bertz CT molecular complexity index is 659. The predicted octanol–water partition coefficient (Wildman–Crippen LogP) is 1.98. The zero-order valence-corrected chi connectivity index (χ0v) is 11.6. The Morgan fingerprint density at radius 1 is 1.40 bits per heavy atom. The van der Waals surface area contributed by atoms with Gasteiger partial charge in [-0.3, -0.25) is 4.79 Å². The number of hydrogen-bond donors (Lipinski definition) is 2. The minimum atomic E-state index is -0.131. The van der Waals surface area contributed by atoms with E-state index in [9.17, 15) is 4.79 Å². The molecule has 0 saturated heterocycles. The number of hydrogen-bond acceptors (Lipinski definition) is 3. The molecule has 5 heteroatoms. The topological polar surface area (TPSA) is 72.9 Å². The number of benzene rings is 1. The lowest BCUT2D eigenvalue weighted by molar-refractivity contribution is 0.0941. The summed E-state index contributed by atoms with van der Waals surface area (Å²) in [6.45, 7) is 4.28. The number of nitrogen functional groups attached to an aromatic ring is 1. The first kappa shape index (κ1) is 12.7. The van der Waals surface area contributed by atoms with Crippen LogP contribution in [0.5, 0.6) is 0 Å². The molecule has 3 N–H and O–H groups in total. The summed E-state index contributed by atoms with van der Waals surface area (Å²) in [5.41, 5.74) is 7.93. The van der Waals surface area contributed by atoms with Gasteiger partial charge in [-0.15, -0.1) is 0 Å². The highest BCUT2D eigenvalue weighted by Crippen LogP contribution is 2.44. The number of nitrogens with two attached hydrogens (primary N) is 1. The van der Waals surface area contributed by atoms with Gasteiger partial charge in [-0.1, -0.05) is 26.0 Å². The third kappa shape index (κ3) is 2.27. The Kier molecular flexibility index (Phi) is 2.78. The van der Waals surface area contributed by atoms with Crippen molar-refractivity contribution >= 4 is 11.6 Å². The van der Waals surface area contributed by atoms with Crippen molar-refractivity contribution in [1.29, 1.82) is 0 Å². The van der Waals surface area contributed by atoms with Gasteiger partial charge >= 0.3 is 0 Å². The highest BCUT2D eigenvalue weighted by Gasteiger charge is 2.46. The summed E-state index contributed by atoms with van der Waals surface area (Å²) in [6.07, 6.45) is 2.77. The van der Waals surface area contributed by atoms with Gasteiger partial charge in [-0.25, -0.2) is 4.68 Å². The number of aromatic nitrogens is 2. The van der Waals surface area contributed by atoms with E-state index < -0.39 is 0 Å². The highest BCUT2D eigenvalue weighted by molar-refractivity contribution is 5.92. The Hall–Kier alpha value is -2.30. The number of carbonyl (C=O) groups is 1. The number of carbonyl (C=O) groups excluding carboxylic acids is 1. The summed E-state index contributed by atoms with van der Waals surface area (Å²) in [5.74, 6) is -0.131. The van der Waals surface area contributed by atoms with Crippen LogP contribution in [0, 0.1) is 5.41 Å². The molecule has 0 radical (unpaired) electrons. The van der Waals surface area contributed by atoms with E-state index in [0.29, 0.717) is 11.4 Å². The van der Waals surface area contributed by atoms with Crippen LogP contribution in [0.4, 0.5) is 5.69 Å². The molecule has 104 valence electrons. The molecule has 0 spiro atoms. The molecule has 1 amide bonds. The van der Waals surface area contributed by atoms with Gasteiger partial charge < -0.3 is 11.1 Å². The second-order valence-electron chi connectivity index (χ2n) is 5.92. The number of amides is 1. The van der Waals surface area contributed by atoms with Crippen molar-refractivity contribution in [1.82, 2.24) is 15.1 Å². The molecule has 2 aromatic rings. The monoisotopic (exact) mass is 270 g/mol. The van der Waals surface area contributed by atoms with Crippen LogP contribution in [0.3, 0.4) is 0 Å². The number of rotatable bonds is 3. The molecule has 5 nitrogen and oxygen atoms in total. The predicted molar refractivity (Wildman–Crippen MR) is 77.6 cm³/mol. The minimum Gasteiger partial charge on any atom is -0.397 e. The fourth-order valence-electron chi connectivity index (χ4n) is 2.22. The molecule has 0 aliphatic heterocycles. The summed E-state index contributed by atoms with van der Waals surface area (Å²) in [6, 6.07) is 9.39. The maximum atomic E-state index is 12.1. The third-order valence-corrected chi connectivity index (χ3v) is 3.82. The molecule has 1 atom stereocenters. The summed E-state index contributed by atoms with van der Waals surface area (Å²) in [4.78, 5) is 12.1. The molecular formula is C15H18N4O. The Morgan fingerprint density at radius 3 is 2.75 bits per heavy atom. The second-order valence-corrected chi connectivity index (χ2v) is 5.92. The van der Waals surface area contributed by atoms with Crippen molar-refractivity contribution in [2.75, 3.05) is 5.73 Å². The Balaban J connectivity index is 1.77. The van der Waals surface area contributed by atoms with E-state index in [-0.39, 0.29) is 17.4 Å². The smallest absolute Gasteiger partial charge is 0.272 e. The van der Waals surface area contributed by atoms with Crippen molar-refractivity contribution in [2.24, 2.45) is 5.41 Å². The Labute approximate surface area is 117 Å². The second kappa shape index (κ2) is 4.37. The fraction of sp³-hybridized carbons (Fsp3) is 0.333. The van der Waals surface area contributed by atoms with Gasteiger partial charge in [0, 0.05) is 12.2 Å². The van der Waals surface area contributed by atoms with Crippen LogP contribution in [0.15, 0.2) is 36.5 Å². The molecule has 0 bridgehead atoms.